The number of fused-ring (bicyclic) bond motifs is 2. The van der Waals surface area contributed by atoms with Crippen molar-refractivity contribution in [3.8, 4) is 0 Å². The van der Waals surface area contributed by atoms with Crippen LogP contribution in [0, 0.1) is 5.82 Å². The molecule has 0 bridgehead atoms. The predicted molar refractivity (Wildman–Crippen MR) is 119 cm³/mol. The van der Waals surface area contributed by atoms with Gasteiger partial charge in [-0.15, -0.1) is 0 Å². The molecule has 0 aliphatic carbocycles. The molecule has 1 atom stereocenters. The zero-order valence-corrected chi connectivity index (χ0v) is 16.9. The summed E-state index contributed by atoms with van der Waals surface area (Å²) >= 11 is 0. The number of hydrogen-bond acceptors (Lipinski definition) is 8. The second-order valence-electron chi connectivity index (χ2n) is 7.13. The summed E-state index contributed by atoms with van der Waals surface area (Å²) in [6, 6.07) is 12.9. The lowest BCUT2D eigenvalue weighted by atomic mass is 10.2. The number of nitrogens with two attached hydrogens (primary N) is 1. The minimum Gasteiger partial charge on any atom is -0.358 e. The summed E-state index contributed by atoms with van der Waals surface area (Å²) in [5.41, 5.74) is 4.29. The molecule has 0 amide bonds. The molecule has 160 valence electrons. The first-order valence-corrected chi connectivity index (χ1v) is 9.76. The Morgan fingerprint density at radius 3 is 2.69 bits per heavy atom. The molecule has 5 aromatic rings. The fourth-order valence-electron chi connectivity index (χ4n) is 3.47. The van der Waals surface area contributed by atoms with Crippen LogP contribution in [0.2, 0.25) is 0 Å². The van der Waals surface area contributed by atoms with Crippen LogP contribution >= 0.6 is 0 Å². The number of hydrogen-bond donors (Lipinski definition) is 3. The van der Waals surface area contributed by atoms with Gasteiger partial charge in [-0.2, -0.15) is 0 Å². The van der Waals surface area contributed by atoms with Crippen LogP contribution in [0.3, 0.4) is 0 Å². The molecule has 3 heterocycles. The van der Waals surface area contributed by atoms with Gasteiger partial charge in [-0.05, 0) is 31.2 Å². The predicted octanol–water partition coefficient (Wildman–Crippen LogP) is 2.44. The number of halogens is 1. The van der Waals surface area contributed by atoms with Crippen LogP contribution in [-0.4, -0.2) is 29.3 Å². The average Bonchev–Trinajstić information content (AvgIpc) is 3.18. The Hall–Kier alpha value is -4.54. The van der Waals surface area contributed by atoms with Gasteiger partial charge in [-0.25, -0.2) is 33.7 Å². The van der Waals surface area contributed by atoms with E-state index < -0.39 is 17.4 Å². The van der Waals surface area contributed by atoms with Crippen molar-refractivity contribution in [1.82, 2.24) is 29.3 Å². The van der Waals surface area contributed by atoms with Crippen molar-refractivity contribution in [1.29, 1.82) is 0 Å². The minimum atomic E-state index is -0.637. The zero-order valence-electron chi connectivity index (χ0n) is 16.9. The van der Waals surface area contributed by atoms with Gasteiger partial charge < -0.3 is 11.2 Å². The first-order valence-electron chi connectivity index (χ1n) is 9.76. The van der Waals surface area contributed by atoms with Crippen molar-refractivity contribution >= 4 is 33.6 Å². The highest BCUT2D eigenvalue weighted by atomic mass is 19.1. The summed E-state index contributed by atoms with van der Waals surface area (Å²) in [6.45, 7) is 1.81. The summed E-state index contributed by atoms with van der Waals surface area (Å²) in [5, 5.41) is 3.11. The van der Waals surface area contributed by atoms with Crippen molar-refractivity contribution in [2.45, 2.75) is 13.0 Å². The number of anilines is 2. The Bertz CT molecular complexity index is 1500. The van der Waals surface area contributed by atoms with Crippen LogP contribution in [0.15, 0.2) is 66.0 Å². The van der Waals surface area contributed by atoms with E-state index in [0.717, 1.165) is 0 Å². The van der Waals surface area contributed by atoms with Crippen LogP contribution in [0.4, 0.5) is 15.9 Å². The highest BCUT2D eigenvalue weighted by Crippen LogP contribution is 2.23. The molecule has 1 unspecified atom stereocenters. The molecule has 0 saturated heterocycles. The molecule has 4 N–H and O–H groups in total. The largest absolute Gasteiger partial charge is 0.358 e. The third kappa shape index (κ3) is 3.25. The maximum atomic E-state index is 14.5. The van der Waals surface area contributed by atoms with Gasteiger partial charge >= 0.3 is 0 Å². The van der Waals surface area contributed by atoms with Gasteiger partial charge in [0.2, 0.25) is 0 Å². The van der Waals surface area contributed by atoms with Gasteiger partial charge in [-0.3, -0.25) is 10.2 Å². The van der Waals surface area contributed by atoms with Crippen LogP contribution in [0.5, 0.6) is 0 Å². The Morgan fingerprint density at radius 1 is 1.06 bits per heavy atom. The summed E-state index contributed by atoms with van der Waals surface area (Å²) in [7, 11) is 0. The van der Waals surface area contributed by atoms with E-state index in [9.17, 15) is 9.18 Å². The van der Waals surface area contributed by atoms with Crippen molar-refractivity contribution in [2.75, 3.05) is 16.6 Å². The standard InChI is InChI=1S/C21H18FN9O/c1-12(27-18-17-20(25-10-24-18)30(23)11-26-17)19-28-15-9-5-8-14(22)16(15)21(32)31(19)29-13-6-3-2-4-7-13/h2-12,29H,23H2,1H3,(H,24,25,27). The lowest BCUT2D eigenvalue weighted by molar-refractivity contribution is 0.632. The number of para-hydroxylation sites is 1. The van der Waals surface area contributed by atoms with E-state index in [4.69, 9.17) is 5.84 Å². The molecule has 0 aliphatic rings. The molecule has 2 aromatic carbocycles. The molecule has 0 radical (unpaired) electrons. The number of aromatic nitrogens is 6. The fraction of sp³-hybridized carbons (Fsp3) is 0.0952. The lowest BCUT2D eigenvalue weighted by Gasteiger charge is -2.21. The molecule has 0 aliphatic heterocycles. The van der Waals surface area contributed by atoms with Gasteiger partial charge in [0.15, 0.2) is 22.8 Å². The van der Waals surface area contributed by atoms with Crippen LogP contribution < -0.4 is 22.1 Å². The van der Waals surface area contributed by atoms with E-state index in [1.807, 2.05) is 25.1 Å². The molecule has 32 heavy (non-hydrogen) atoms. The lowest BCUT2D eigenvalue weighted by Crippen LogP contribution is -2.33. The molecule has 0 spiro atoms. The highest BCUT2D eigenvalue weighted by Gasteiger charge is 2.21. The normalized spacial score (nSPS) is 12.2. The number of nitrogen functional groups attached to an aromatic ring is 1. The number of nitrogens with zero attached hydrogens (tertiary/aromatic N) is 6. The number of imidazole rings is 1. The first-order chi connectivity index (χ1) is 15.5. The minimum absolute atomic E-state index is 0.0989. The van der Waals surface area contributed by atoms with Gasteiger partial charge in [0.25, 0.3) is 5.56 Å². The van der Waals surface area contributed by atoms with E-state index in [1.54, 1.807) is 18.2 Å². The van der Waals surface area contributed by atoms with Gasteiger partial charge in [0.05, 0.1) is 17.2 Å². The molecule has 0 fully saturated rings. The molecule has 0 saturated carbocycles. The fourth-order valence-corrected chi connectivity index (χ4v) is 3.47. The maximum absolute atomic E-state index is 14.5. The molecule has 11 heteroatoms. The number of benzene rings is 2. The molecular weight excluding hydrogens is 413 g/mol. The van der Waals surface area contributed by atoms with Crippen molar-refractivity contribution in [2.24, 2.45) is 0 Å². The third-order valence-corrected chi connectivity index (χ3v) is 4.99. The SMILES string of the molecule is CC(Nc1ncnc2c1ncn2N)c1nc2cccc(F)c2c(=O)n1Nc1ccccc1. The summed E-state index contributed by atoms with van der Waals surface area (Å²) in [6.07, 6.45) is 2.79. The summed E-state index contributed by atoms with van der Waals surface area (Å²) < 4.78 is 17.0. The van der Waals surface area contributed by atoms with Crippen LogP contribution in [0.25, 0.3) is 22.1 Å². The van der Waals surface area contributed by atoms with E-state index >= 15 is 0 Å². The third-order valence-electron chi connectivity index (χ3n) is 4.99. The topological polar surface area (TPSA) is 129 Å². The summed E-state index contributed by atoms with van der Waals surface area (Å²) in [4.78, 5) is 30.5. The first kappa shape index (κ1) is 19.4. The monoisotopic (exact) mass is 431 g/mol. The maximum Gasteiger partial charge on any atom is 0.283 e. The Labute approximate surface area is 180 Å². The smallest absolute Gasteiger partial charge is 0.283 e. The second kappa shape index (κ2) is 7.61. The zero-order chi connectivity index (χ0) is 22.2. The van der Waals surface area contributed by atoms with Crippen LogP contribution in [-0.2, 0) is 0 Å². The van der Waals surface area contributed by atoms with E-state index in [-0.39, 0.29) is 10.9 Å². The highest BCUT2D eigenvalue weighted by molar-refractivity contribution is 5.83. The molecule has 5 rings (SSSR count). The van der Waals surface area contributed by atoms with Gasteiger partial charge in [0, 0.05) is 0 Å². The average molecular weight is 431 g/mol. The Balaban J connectivity index is 1.64. The van der Waals surface area contributed by atoms with E-state index in [2.05, 4.69) is 30.7 Å². The van der Waals surface area contributed by atoms with Gasteiger partial charge in [-0.1, -0.05) is 24.3 Å². The number of rotatable bonds is 5. The Kier molecular flexibility index (Phi) is 4.62. The second-order valence-corrected chi connectivity index (χ2v) is 7.13. The quantitative estimate of drug-likeness (QED) is 0.362. The van der Waals surface area contributed by atoms with Crippen LogP contribution in [0.1, 0.15) is 18.8 Å². The summed E-state index contributed by atoms with van der Waals surface area (Å²) in [5.74, 6) is 5.94. The number of nitrogens with one attached hydrogen (secondary N) is 2. The van der Waals surface area contributed by atoms with Crippen molar-refractivity contribution in [3.05, 3.63) is 83.2 Å². The van der Waals surface area contributed by atoms with Crippen molar-refractivity contribution in [3.63, 3.8) is 0 Å². The molecular formula is C21H18FN9O. The van der Waals surface area contributed by atoms with E-state index in [1.165, 1.54) is 34.1 Å². The Morgan fingerprint density at radius 2 is 1.88 bits per heavy atom. The van der Waals surface area contributed by atoms with Crippen molar-refractivity contribution < 1.29 is 4.39 Å². The van der Waals surface area contributed by atoms with E-state index in [0.29, 0.717) is 28.5 Å². The van der Waals surface area contributed by atoms with Gasteiger partial charge in [0.1, 0.15) is 23.9 Å². The molecule has 3 aromatic heterocycles. The molecule has 10 nitrogen and oxygen atoms in total.